The molecule has 1 aromatic carbocycles. The Morgan fingerprint density at radius 1 is 1.21 bits per heavy atom. The Morgan fingerprint density at radius 2 is 1.89 bits per heavy atom. The van der Waals surface area contributed by atoms with Gasteiger partial charge in [-0.3, -0.25) is 0 Å². The Labute approximate surface area is 112 Å². The molecule has 0 radical (unpaired) electrons. The van der Waals surface area contributed by atoms with E-state index in [0.717, 1.165) is 0 Å². The Hall–Kier alpha value is -1.85. The summed E-state index contributed by atoms with van der Waals surface area (Å²) in [4.78, 5) is 0.360. The second-order valence-electron chi connectivity index (χ2n) is 4.00. The molecule has 1 heterocycles. The van der Waals surface area contributed by atoms with Crippen LogP contribution < -0.4 is 5.73 Å². The van der Waals surface area contributed by atoms with Gasteiger partial charge in [0.15, 0.2) is 0 Å². The molecule has 19 heavy (non-hydrogen) atoms. The van der Waals surface area contributed by atoms with Gasteiger partial charge in [-0.05, 0) is 31.2 Å². The van der Waals surface area contributed by atoms with Crippen LogP contribution >= 0.6 is 0 Å². The van der Waals surface area contributed by atoms with E-state index in [2.05, 4.69) is 0 Å². The maximum Gasteiger partial charge on any atom is 0.204 e. The summed E-state index contributed by atoms with van der Waals surface area (Å²) in [5.41, 5.74) is 5.98. The summed E-state index contributed by atoms with van der Waals surface area (Å²) < 4.78 is 30.2. The smallest absolute Gasteiger partial charge is 0.204 e. The molecule has 0 unspecified atom stereocenters. The average Bonchev–Trinajstić information content (AvgIpc) is 2.94. The molecule has 0 aliphatic heterocycles. The topological polar surface area (TPSA) is 73.3 Å². The van der Waals surface area contributed by atoms with Gasteiger partial charge in [-0.25, -0.2) is 8.42 Å². The zero-order valence-electron chi connectivity index (χ0n) is 10.5. The first-order chi connectivity index (χ1) is 9.07. The molecule has 5 heteroatoms. The summed E-state index contributed by atoms with van der Waals surface area (Å²) in [7, 11) is -3.60. The van der Waals surface area contributed by atoms with Crippen LogP contribution in [0.5, 0.6) is 0 Å². The fraction of sp³-hybridized carbons (Fsp3) is 0.143. The minimum atomic E-state index is -3.60. The summed E-state index contributed by atoms with van der Waals surface area (Å²) in [6, 6.07) is 10.8. The van der Waals surface area contributed by atoms with Gasteiger partial charge in [0.05, 0.1) is 22.1 Å². The summed E-state index contributed by atoms with van der Waals surface area (Å²) in [5, 5.41) is 0. The number of furan rings is 1. The van der Waals surface area contributed by atoms with Crippen molar-refractivity contribution in [3.05, 3.63) is 65.5 Å². The highest BCUT2D eigenvalue weighted by Gasteiger charge is 2.27. The van der Waals surface area contributed by atoms with E-state index >= 15 is 0 Å². The zero-order chi connectivity index (χ0) is 13.9. The van der Waals surface area contributed by atoms with Gasteiger partial charge >= 0.3 is 0 Å². The van der Waals surface area contributed by atoms with Crippen molar-refractivity contribution in [3.63, 3.8) is 0 Å². The maximum absolute atomic E-state index is 12.5. The van der Waals surface area contributed by atoms with Crippen LogP contribution in [-0.4, -0.2) is 8.42 Å². The molecule has 0 aliphatic rings. The van der Waals surface area contributed by atoms with E-state index in [1.165, 1.54) is 12.3 Å². The van der Waals surface area contributed by atoms with Crippen molar-refractivity contribution in [3.8, 4) is 0 Å². The third-order valence-corrected chi connectivity index (χ3v) is 4.81. The summed E-state index contributed by atoms with van der Waals surface area (Å²) >= 11 is 0. The molecule has 2 N–H and O–H groups in total. The minimum absolute atomic E-state index is 0.133. The minimum Gasteiger partial charge on any atom is -0.467 e. The van der Waals surface area contributed by atoms with Crippen molar-refractivity contribution in [2.24, 2.45) is 5.73 Å². The first-order valence-electron chi connectivity index (χ1n) is 5.82. The Kier molecular flexibility index (Phi) is 3.87. The fourth-order valence-electron chi connectivity index (χ4n) is 1.85. The monoisotopic (exact) mass is 277 g/mol. The number of benzene rings is 1. The molecule has 2 aromatic rings. The number of rotatable bonds is 4. The first-order valence-corrected chi connectivity index (χ1v) is 7.31. The van der Waals surface area contributed by atoms with E-state index in [-0.39, 0.29) is 9.80 Å². The molecule has 0 amide bonds. The fourth-order valence-corrected chi connectivity index (χ4v) is 3.39. The van der Waals surface area contributed by atoms with Crippen molar-refractivity contribution in [2.75, 3.05) is 0 Å². The van der Waals surface area contributed by atoms with Crippen LogP contribution in [-0.2, 0) is 9.84 Å². The van der Waals surface area contributed by atoms with Crippen LogP contribution in [0, 0.1) is 0 Å². The molecule has 0 saturated heterocycles. The van der Waals surface area contributed by atoms with E-state index in [1.54, 1.807) is 49.4 Å². The standard InChI is InChI=1S/C14H15NO3S/c1-2-13(14(15)12-9-6-10-18-12)19(16,17)11-7-4-3-5-8-11/h2-10,14H,15H2,1H3/b13-2+/t14-/m1/s1. The van der Waals surface area contributed by atoms with Crippen molar-refractivity contribution >= 4 is 9.84 Å². The van der Waals surface area contributed by atoms with Gasteiger partial charge in [0.1, 0.15) is 5.76 Å². The van der Waals surface area contributed by atoms with Crippen molar-refractivity contribution < 1.29 is 12.8 Å². The number of nitrogens with two attached hydrogens (primary N) is 1. The predicted octanol–water partition coefficient (Wildman–Crippen LogP) is 2.66. The van der Waals surface area contributed by atoms with Gasteiger partial charge in [-0.2, -0.15) is 0 Å². The lowest BCUT2D eigenvalue weighted by Gasteiger charge is -2.14. The normalized spacial score (nSPS) is 14.3. The lowest BCUT2D eigenvalue weighted by atomic mass is 10.2. The number of sulfone groups is 1. The van der Waals surface area contributed by atoms with Crippen LogP contribution in [0.25, 0.3) is 0 Å². The summed E-state index contributed by atoms with van der Waals surface area (Å²) in [6.45, 7) is 1.65. The molecule has 4 nitrogen and oxygen atoms in total. The summed E-state index contributed by atoms with van der Waals surface area (Å²) in [6.07, 6.45) is 2.98. The van der Waals surface area contributed by atoms with Gasteiger partial charge in [-0.15, -0.1) is 0 Å². The molecule has 0 spiro atoms. The second kappa shape index (κ2) is 5.42. The van der Waals surface area contributed by atoms with Crippen molar-refractivity contribution in [1.29, 1.82) is 0 Å². The van der Waals surface area contributed by atoms with Crippen LogP contribution in [0.2, 0.25) is 0 Å². The molecule has 100 valence electrons. The van der Waals surface area contributed by atoms with Crippen LogP contribution in [0.3, 0.4) is 0 Å². The third-order valence-electron chi connectivity index (χ3n) is 2.80. The van der Waals surface area contributed by atoms with Crippen LogP contribution in [0.4, 0.5) is 0 Å². The van der Waals surface area contributed by atoms with Crippen molar-refractivity contribution in [2.45, 2.75) is 17.9 Å². The van der Waals surface area contributed by atoms with Gasteiger partial charge in [0.25, 0.3) is 0 Å². The maximum atomic E-state index is 12.5. The molecule has 0 bridgehead atoms. The molecule has 2 rings (SSSR count). The molecule has 0 saturated carbocycles. The second-order valence-corrected chi connectivity index (χ2v) is 5.95. The molecule has 0 fully saturated rings. The quantitative estimate of drug-likeness (QED) is 0.932. The number of allylic oxidation sites excluding steroid dienone is 1. The van der Waals surface area contributed by atoms with Crippen LogP contribution in [0.1, 0.15) is 18.7 Å². The van der Waals surface area contributed by atoms with Crippen molar-refractivity contribution in [1.82, 2.24) is 0 Å². The first kappa shape index (κ1) is 13.6. The molecule has 0 aliphatic carbocycles. The SMILES string of the molecule is C/C=C(\[C@H](N)c1ccco1)S(=O)(=O)c1ccccc1. The molecule has 1 aromatic heterocycles. The lowest BCUT2D eigenvalue weighted by Crippen LogP contribution is -2.19. The highest BCUT2D eigenvalue weighted by Crippen LogP contribution is 2.28. The Bertz CT molecular complexity index is 658. The number of hydrogen-bond donors (Lipinski definition) is 1. The largest absolute Gasteiger partial charge is 0.467 e. The van der Waals surface area contributed by atoms with Gasteiger partial charge < -0.3 is 10.2 Å². The zero-order valence-corrected chi connectivity index (χ0v) is 11.3. The molecular formula is C14H15NO3S. The third kappa shape index (κ3) is 2.62. The lowest BCUT2D eigenvalue weighted by molar-refractivity contribution is 0.489. The molecule has 1 atom stereocenters. The van der Waals surface area contributed by atoms with E-state index in [4.69, 9.17) is 10.2 Å². The van der Waals surface area contributed by atoms with E-state index in [0.29, 0.717) is 5.76 Å². The summed E-state index contributed by atoms with van der Waals surface area (Å²) in [5.74, 6) is 0.424. The Balaban J connectivity index is 2.44. The molecular weight excluding hydrogens is 262 g/mol. The number of hydrogen-bond acceptors (Lipinski definition) is 4. The van der Waals surface area contributed by atoms with E-state index in [1.807, 2.05) is 0 Å². The van der Waals surface area contributed by atoms with E-state index in [9.17, 15) is 8.42 Å². The Morgan fingerprint density at radius 3 is 2.42 bits per heavy atom. The predicted molar refractivity (Wildman–Crippen MR) is 73.0 cm³/mol. The van der Waals surface area contributed by atoms with Gasteiger partial charge in [0, 0.05) is 0 Å². The van der Waals surface area contributed by atoms with Gasteiger partial charge in [0.2, 0.25) is 9.84 Å². The van der Waals surface area contributed by atoms with E-state index < -0.39 is 15.9 Å². The van der Waals surface area contributed by atoms with Gasteiger partial charge in [-0.1, -0.05) is 24.3 Å². The average molecular weight is 277 g/mol. The highest BCUT2D eigenvalue weighted by molar-refractivity contribution is 7.95. The highest BCUT2D eigenvalue weighted by atomic mass is 32.2. The van der Waals surface area contributed by atoms with Crippen LogP contribution in [0.15, 0.2) is 69.0 Å².